The topological polar surface area (TPSA) is 50.7 Å². The highest BCUT2D eigenvalue weighted by atomic mass is 35.5. The van der Waals surface area contributed by atoms with Crippen LogP contribution < -0.4 is 10.1 Å². The smallest absolute Gasteiger partial charge is 0.120 e. The molecule has 4 nitrogen and oxygen atoms in total. The summed E-state index contributed by atoms with van der Waals surface area (Å²) in [6, 6.07) is 7.17. The molecule has 0 radical (unpaired) electrons. The molecule has 1 heterocycles. The molecule has 1 aliphatic heterocycles. The second kappa shape index (κ2) is 7.84. The number of hydrogen-bond acceptors (Lipinski definition) is 4. The third kappa shape index (κ3) is 4.94. The summed E-state index contributed by atoms with van der Waals surface area (Å²) >= 11 is 5.86. The first-order chi connectivity index (χ1) is 9.65. The van der Waals surface area contributed by atoms with Crippen LogP contribution in [0.15, 0.2) is 24.3 Å². The second-order valence-corrected chi connectivity index (χ2v) is 5.64. The van der Waals surface area contributed by atoms with Crippen LogP contribution >= 0.6 is 11.6 Å². The highest BCUT2D eigenvalue weighted by molar-refractivity contribution is 6.30. The van der Waals surface area contributed by atoms with Gasteiger partial charge in [0.2, 0.25) is 0 Å². The monoisotopic (exact) mass is 299 g/mol. The van der Waals surface area contributed by atoms with E-state index in [9.17, 15) is 5.11 Å². The van der Waals surface area contributed by atoms with Gasteiger partial charge in [-0.05, 0) is 37.5 Å². The van der Waals surface area contributed by atoms with Crippen molar-refractivity contribution in [3.05, 3.63) is 29.3 Å². The normalized spacial score (nSPS) is 23.8. The lowest BCUT2D eigenvalue weighted by Gasteiger charge is -2.17. The second-order valence-electron chi connectivity index (χ2n) is 5.21. The summed E-state index contributed by atoms with van der Waals surface area (Å²) in [6.45, 7) is 4.58. The van der Waals surface area contributed by atoms with Gasteiger partial charge in [-0.3, -0.25) is 0 Å². The Kier molecular flexibility index (Phi) is 6.10. The number of aliphatic hydroxyl groups is 1. The zero-order valence-corrected chi connectivity index (χ0v) is 12.5. The van der Waals surface area contributed by atoms with E-state index in [2.05, 4.69) is 12.2 Å². The van der Waals surface area contributed by atoms with Crippen molar-refractivity contribution < 1.29 is 14.6 Å². The highest BCUT2D eigenvalue weighted by Gasteiger charge is 2.23. The average molecular weight is 300 g/mol. The van der Waals surface area contributed by atoms with Crippen LogP contribution in [0.2, 0.25) is 5.02 Å². The van der Waals surface area contributed by atoms with E-state index in [1.807, 2.05) is 12.1 Å². The van der Waals surface area contributed by atoms with E-state index in [1.54, 1.807) is 12.1 Å². The Morgan fingerprint density at radius 2 is 2.40 bits per heavy atom. The van der Waals surface area contributed by atoms with Gasteiger partial charge in [0.25, 0.3) is 0 Å². The van der Waals surface area contributed by atoms with Gasteiger partial charge in [0, 0.05) is 24.7 Å². The highest BCUT2D eigenvalue weighted by Crippen LogP contribution is 2.19. The van der Waals surface area contributed by atoms with Gasteiger partial charge >= 0.3 is 0 Å². The molecule has 0 spiro atoms. The zero-order chi connectivity index (χ0) is 14.4. The van der Waals surface area contributed by atoms with Crippen molar-refractivity contribution in [1.29, 1.82) is 0 Å². The minimum Gasteiger partial charge on any atom is -0.491 e. The molecular weight excluding hydrogens is 278 g/mol. The fourth-order valence-electron chi connectivity index (χ4n) is 2.29. The Hall–Kier alpha value is -0.810. The predicted octanol–water partition coefficient (Wildman–Crippen LogP) is 2.09. The van der Waals surface area contributed by atoms with Crippen molar-refractivity contribution in [3.63, 3.8) is 0 Å². The third-order valence-corrected chi connectivity index (χ3v) is 3.79. The molecule has 0 bridgehead atoms. The molecule has 0 amide bonds. The Morgan fingerprint density at radius 1 is 1.55 bits per heavy atom. The first-order valence-electron chi connectivity index (χ1n) is 7.04. The van der Waals surface area contributed by atoms with Crippen LogP contribution in [0.3, 0.4) is 0 Å². The Bertz CT molecular complexity index is 416. The average Bonchev–Trinajstić information content (AvgIpc) is 2.82. The fraction of sp³-hybridized carbons (Fsp3) is 0.600. The van der Waals surface area contributed by atoms with Crippen molar-refractivity contribution >= 4 is 11.6 Å². The molecule has 112 valence electrons. The van der Waals surface area contributed by atoms with E-state index in [0.717, 1.165) is 19.6 Å². The van der Waals surface area contributed by atoms with Crippen molar-refractivity contribution in [2.75, 3.05) is 26.3 Å². The standard InChI is InChI=1S/C15H22ClNO3/c1-11-12(5-6-19-11)8-17-9-14(18)10-20-15-4-2-3-13(16)7-15/h2-4,7,11-12,14,17-18H,5-6,8-10H2,1H3. The van der Waals surface area contributed by atoms with E-state index in [-0.39, 0.29) is 6.61 Å². The maximum atomic E-state index is 9.87. The maximum Gasteiger partial charge on any atom is 0.120 e. The van der Waals surface area contributed by atoms with Gasteiger partial charge in [-0.15, -0.1) is 0 Å². The van der Waals surface area contributed by atoms with Crippen molar-refractivity contribution in [3.8, 4) is 5.75 Å². The molecule has 1 aromatic rings. The molecule has 20 heavy (non-hydrogen) atoms. The number of hydrogen-bond donors (Lipinski definition) is 2. The van der Waals surface area contributed by atoms with Crippen molar-refractivity contribution in [2.45, 2.75) is 25.6 Å². The van der Waals surface area contributed by atoms with Crippen LogP contribution in [-0.4, -0.2) is 43.6 Å². The number of benzene rings is 1. The quantitative estimate of drug-likeness (QED) is 0.809. The molecule has 5 heteroatoms. The lowest BCUT2D eigenvalue weighted by Crippen LogP contribution is -2.35. The summed E-state index contributed by atoms with van der Waals surface area (Å²) in [5.41, 5.74) is 0. The van der Waals surface area contributed by atoms with Crippen LogP contribution in [0.5, 0.6) is 5.75 Å². The predicted molar refractivity (Wildman–Crippen MR) is 79.3 cm³/mol. The van der Waals surface area contributed by atoms with E-state index in [4.69, 9.17) is 21.1 Å². The number of nitrogens with one attached hydrogen (secondary N) is 1. The van der Waals surface area contributed by atoms with E-state index >= 15 is 0 Å². The van der Waals surface area contributed by atoms with Crippen LogP contribution in [0.25, 0.3) is 0 Å². The molecule has 1 saturated heterocycles. The van der Waals surface area contributed by atoms with E-state index in [0.29, 0.717) is 29.3 Å². The van der Waals surface area contributed by atoms with Gasteiger partial charge in [0.1, 0.15) is 18.5 Å². The summed E-state index contributed by atoms with van der Waals surface area (Å²) in [7, 11) is 0. The van der Waals surface area contributed by atoms with Gasteiger partial charge in [0.05, 0.1) is 6.10 Å². The number of rotatable bonds is 7. The summed E-state index contributed by atoms with van der Waals surface area (Å²) in [5.74, 6) is 1.21. The van der Waals surface area contributed by atoms with Gasteiger partial charge in [-0.2, -0.15) is 0 Å². The fourth-order valence-corrected chi connectivity index (χ4v) is 2.47. The summed E-state index contributed by atoms with van der Waals surface area (Å²) in [6.07, 6.45) is 0.859. The largest absolute Gasteiger partial charge is 0.491 e. The molecule has 3 atom stereocenters. The lowest BCUT2D eigenvalue weighted by atomic mass is 10.0. The summed E-state index contributed by atoms with van der Waals surface area (Å²) in [5, 5.41) is 13.8. The lowest BCUT2D eigenvalue weighted by molar-refractivity contribution is 0.0946. The Morgan fingerprint density at radius 3 is 3.10 bits per heavy atom. The molecule has 1 fully saturated rings. The maximum absolute atomic E-state index is 9.87. The summed E-state index contributed by atoms with van der Waals surface area (Å²) < 4.78 is 11.0. The van der Waals surface area contributed by atoms with Crippen LogP contribution in [-0.2, 0) is 4.74 Å². The molecule has 1 aliphatic rings. The van der Waals surface area contributed by atoms with Gasteiger partial charge in [-0.25, -0.2) is 0 Å². The molecule has 0 saturated carbocycles. The first-order valence-corrected chi connectivity index (χ1v) is 7.41. The SMILES string of the molecule is CC1OCCC1CNCC(O)COc1cccc(Cl)c1. The summed E-state index contributed by atoms with van der Waals surface area (Å²) in [4.78, 5) is 0. The van der Waals surface area contributed by atoms with Gasteiger partial charge in [0.15, 0.2) is 0 Å². The third-order valence-electron chi connectivity index (χ3n) is 3.56. The molecular formula is C15H22ClNO3. The molecule has 2 rings (SSSR count). The molecule has 2 N–H and O–H groups in total. The Balaban J connectivity index is 1.61. The van der Waals surface area contributed by atoms with Crippen molar-refractivity contribution in [1.82, 2.24) is 5.32 Å². The zero-order valence-electron chi connectivity index (χ0n) is 11.7. The minimum absolute atomic E-state index is 0.254. The molecule has 0 aliphatic carbocycles. The minimum atomic E-state index is -0.536. The van der Waals surface area contributed by atoms with Gasteiger partial charge < -0.3 is 19.9 Å². The first kappa shape index (κ1) is 15.6. The van der Waals surface area contributed by atoms with Crippen LogP contribution in [0.4, 0.5) is 0 Å². The molecule has 3 unspecified atom stereocenters. The molecule has 1 aromatic carbocycles. The van der Waals surface area contributed by atoms with E-state index in [1.165, 1.54) is 0 Å². The molecule has 0 aromatic heterocycles. The number of halogens is 1. The van der Waals surface area contributed by atoms with Gasteiger partial charge in [-0.1, -0.05) is 17.7 Å². The number of ether oxygens (including phenoxy) is 2. The van der Waals surface area contributed by atoms with E-state index < -0.39 is 6.10 Å². The van der Waals surface area contributed by atoms with Crippen molar-refractivity contribution in [2.24, 2.45) is 5.92 Å². The van der Waals surface area contributed by atoms with Crippen LogP contribution in [0, 0.1) is 5.92 Å². The number of aliphatic hydroxyl groups excluding tert-OH is 1. The van der Waals surface area contributed by atoms with Crippen LogP contribution in [0.1, 0.15) is 13.3 Å². The Labute approximate surface area is 125 Å².